The summed E-state index contributed by atoms with van der Waals surface area (Å²) in [5.41, 5.74) is 8.30. The van der Waals surface area contributed by atoms with Gasteiger partial charge in [0.2, 0.25) is 0 Å². The first-order valence-electron chi connectivity index (χ1n) is 7.54. The van der Waals surface area contributed by atoms with Gasteiger partial charge in [-0.05, 0) is 36.4 Å². The molecule has 0 radical (unpaired) electrons. The van der Waals surface area contributed by atoms with Crippen LogP contribution in [0.15, 0.2) is 82.1 Å². The number of anilines is 1. The molecule has 0 unspecified atom stereocenters. The van der Waals surface area contributed by atoms with Crippen molar-refractivity contribution in [3.8, 4) is 5.69 Å². The summed E-state index contributed by atoms with van der Waals surface area (Å²) in [6.07, 6.45) is 7.10. The molecule has 0 spiro atoms. The van der Waals surface area contributed by atoms with Gasteiger partial charge in [0.25, 0.3) is 0 Å². The largest absolute Gasteiger partial charge is 0.382 e. The molecule has 0 amide bonds. The van der Waals surface area contributed by atoms with Crippen molar-refractivity contribution >= 4 is 43.9 Å². The average Bonchev–Trinajstić information content (AvgIpc) is 3.16. The van der Waals surface area contributed by atoms with E-state index in [2.05, 4.69) is 36.1 Å². The number of nitrogens with zero attached hydrogens (tertiary/aromatic N) is 5. The molecule has 4 aromatic rings. The standard InChI is InChI=1S/C18H13BrN6/c19-13-2-1-12-10-22-18(20)17(16(12)9-13)24-23-14-3-5-15(6-4-14)25-8-7-21-11-25/h1-11H,(H2,20,22)/b24-23+. The van der Waals surface area contributed by atoms with E-state index in [1.807, 2.05) is 53.2 Å². The van der Waals surface area contributed by atoms with Gasteiger partial charge in [0.15, 0.2) is 5.82 Å². The van der Waals surface area contributed by atoms with Crippen molar-refractivity contribution in [1.82, 2.24) is 14.5 Å². The fourth-order valence-corrected chi connectivity index (χ4v) is 2.86. The molecule has 25 heavy (non-hydrogen) atoms. The Balaban J connectivity index is 1.69. The van der Waals surface area contributed by atoms with Crippen LogP contribution < -0.4 is 5.73 Å². The minimum Gasteiger partial charge on any atom is -0.382 e. The van der Waals surface area contributed by atoms with E-state index in [9.17, 15) is 0 Å². The highest BCUT2D eigenvalue weighted by atomic mass is 79.9. The van der Waals surface area contributed by atoms with Gasteiger partial charge in [0.05, 0.1) is 12.0 Å². The number of pyridine rings is 1. The van der Waals surface area contributed by atoms with Gasteiger partial charge < -0.3 is 10.3 Å². The van der Waals surface area contributed by atoms with E-state index in [1.165, 1.54) is 0 Å². The lowest BCUT2D eigenvalue weighted by Crippen LogP contribution is -1.90. The number of hydrogen-bond acceptors (Lipinski definition) is 5. The maximum Gasteiger partial charge on any atom is 0.151 e. The quantitative estimate of drug-likeness (QED) is 0.487. The number of benzene rings is 2. The molecule has 0 aliphatic heterocycles. The molecule has 2 aromatic heterocycles. The number of nitrogen functional groups attached to an aromatic ring is 1. The highest BCUT2D eigenvalue weighted by Crippen LogP contribution is 2.33. The molecule has 4 rings (SSSR count). The lowest BCUT2D eigenvalue weighted by atomic mass is 10.1. The first-order valence-corrected chi connectivity index (χ1v) is 8.34. The van der Waals surface area contributed by atoms with Crippen LogP contribution >= 0.6 is 15.9 Å². The Morgan fingerprint density at radius 2 is 1.88 bits per heavy atom. The van der Waals surface area contributed by atoms with Gasteiger partial charge in [-0.25, -0.2) is 9.97 Å². The molecule has 0 saturated heterocycles. The predicted molar refractivity (Wildman–Crippen MR) is 102 cm³/mol. The summed E-state index contributed by atoms with van der Waals surface area (Å²) in [6.45, 7) is 0. The Bertz CT molecular complexity index is 1050. The molecule has 0 fully saturated rings. The highest BCUT2D eigenvalue weighted by molar-refractivity contribution is 9.10. The van der Waals surface area contributed by atoms with E-state index in [-0.39, 0.29) is 0 Å². The maximum atomic E-state index is 6.00. The van der Waals surface area contributed by atoms with Crippen molar-refractivity contribution in [3.05, 3.63) is 71.9 Å². The second-order valence-corrected chi connectivity index (χ2v) is 6.33. The van der Waals surface area contributed by atoms with Gasteiger partial charge in [-0.3, -0.25) is 0 Å². The minimum absolute atomic E-state index is 0.351. The molecule has 0 bridgehead atoms. The lowest BCUT2D eigenvalue weighted by molar-refractivity contribution is 1.06. The van der Waals surface area contributed by atoms with E-state index in [4.69, 9.17) is 5.73 Å². The summed E-state index contributed by atoms with van der Waals surface area (Å²) >= 11 is 3.47. The van der Waals surface area contributed by atoms with Crippen LogP contribution in [0, 0.1) is 0 Å². The van der Waals surface area contributed by atoms with Crippen LogP contribution in [-0.4, -0.2) is 14.5 Å². The second kappa shape index (κ2) is 6.45. The van der Waals surface area contributed by atoms with E-state index in [1.54, 1.807) is 18.7 Å². The van der Waals surface area contributed by atoms with Crippen molar-refractivity contribution in [2.45, 2.75) is 0 Å². The molecular weight excluding hydrogens is 380 g/mol. The third kappa shape index (κ3) is 3.14. The number of aromatic nitrogens is 3. The molecule has 2 N–H and O–H groups in total. The lowest BCUT2D eigenvalue weighted by Gasteiger charge is -2.05. The van der Waals surface area contributed by atoms with Gasteiger partial charge in [0.1, 0.15) is 5.69 Å². The van der Waals surface area contributed by atoms with Crippen LogP contribution in [0.2, 0.25) is 0 Å². The Morgan fingerprint density at radius 1 is 1.04 bits per heavy atom. The first-order chi connectivity index (χ1) is 12.2. The van der Waals surface area contributed by atoms with Crippen molar-refractivity contribution in [3.63, 3.8) is 0 Å². The van der Waals surface area contributed by atoms with Crippen LogP contribution in [0.5, 0.6) is 0 Å². The SMILES string of the molecule is Nc1ncc2ccc(Br)cc2c1/N=N/c1ccc(-n2ccnc2)cc1. The normalized spacial score (nSPS) is 11.4. The number of fused-ring (bicyclic) bond motifs is 1. The van der Waals surface area contributed by atoms with Crippen LogP contribution in [0.4, 0.5) is 17.2 Å². The van der Waals surface area contributed by atoms with E-state index in [0.29, 0.717) is 11.5 Å². The zero-order chi connectivity index (χ0) is 17.2. The number of rotatable bonds is 3. The number of hydrogen-bond donors (Lipinski definition) is 1. The second-order valence-electron chi connectivity index (χ2n) is 5.41. The maximum absolute atomic E-state index is 6.00. The number of nitrogens with two attached hydrogens (primary N) is 1. The number of azo groups is 1. The fraction of sp³-hybridized carbons (Fsp3) is 0. The predicted octanol–water partition coefficient (Wildman–Crippen LogP) is 5.18. The summed E-state index contributed by atoms with van der Waals surface area (Å²) in [5, 5.41) is 10.5. The number of halogens is 1. The summed E-state index contributed by atoms with van der Waals surface area (Å²) in [7, 11) is 0. The van der Waals surface area contributed by atoms with Crippen LogP contribution in [-0.2, 0) is 0 Å². The van der Waals surface area contributed by atoms with Gasteiger partial charge in [-0.2, -0.15) is 5.11 Å². The van der Waals surface area contributed by atoms with Crippen molar-refractivity contribution < 1.29 is 0 Å². The van der Waals surface area contributed by atoms with Gasteiger partial charge in [-0.1, -0.05) is 22.0 Å². The molecule has 122 valence electrons. The summed E-state index contributed by atoms with van der Waals surface area (Å²) < 4.78 is 2.87. The van der Waals surface area contributed by atoms with Crippen molar-refractivity contribution in [1.29, 1.82) is 0 Å². The molecule has 0 atom stereocenters. The fourth-order valence-electron chi connectivity index (χ4n) is 2.50. The topological polar surface area (TPSA) is 81.5 Å². The summed E-state index contributed by atoms with van der Waals surface area (Å²) in [4.78, 5) is 8.23. The van der Waals surface area contributed by atoms with Crippen LogP contribution in [0.1, 0.15) is 0 Å². The monoisotopic (exact) mass is 392 g/mol. The summed E-state index contributed by atoms with van der Waals surface area (Å²) in [6, 6.07) is 13.6. The Labute approximate surface area is 152 Å². The molecule has 2 heterocycles. The molecule has 2 aromatic carbocycles. The molecule has 0 saturated carbocycles. The first kappa shape index (κ1) is 15.5. The van der Waals surface area contributed by atoms with Gasteiger partial charge in [-0.15, -0.1) is 5.11 Å². The Hall–Kier alpha value is -3.06. The van der Waals surface area contributed by atoms with E-state index >= 15 is 0 Å². The zero-order valence-corrected chi connectivity index (χ0v) is 14.6. The number of imidazole rings is 1. The highest BCUT2D eigenvalue weighted by Gasteiger charge is 2.07. The molecule has 6 nitrogen and oxygen atoms in total. The van der Waals surface area contributed by atoms with Crippen LogP contribution in [0.25, 0.3) is 16.5 Å². The van der Waals surface area contributed by atoms with Gasteiger partial charge in [0, 0.05) is 39.5 Å². The smallest absolute Gasteiger partial charge is 0.151 e. The van der Waals surface area contributed by atoms with Crippen molar-refractivity contribution in [2.75, 3.05) is 5.73 Å². The van der Waals surface area contributed by atoms with E-state index in [0.717, 1.165) is 26.6 Å². The molecule has 7 heteroatoms. The molecular formula is C18H13BrN6. The Morgan fingerprint density at radius 3 is 2.64 bits per heavy atom. The third-order valence-corrected chi connectivity index (χ3v) is 4.27. The third-order valence-electron chi connectivity index (χ3n) is 3.77. The van der Waals surface area contributed by atoms with E-state index < -0.39 is 0 Å². The minimum atomic E-state index is 0.351. The average molecular weight is 393 g/mol. The summed E-state index contributed by atoms with van der Waals surface area (Å²) in [5.74, 6) is 0.351. The Kier molecular flexibility index (Phi) is 3.99. The zero-order valence-electron chi connectivity index (χ0n) is 13.0. The van der Waals surface area contributed by atoms with Crippen LogP contribution in [0.3, 0.4) is 0 Å². The van der Waals surface area contributed by atoms with Gasteiger partial charge >= 0.3 is 0 Å². The molecule has 0 aliphatic carbocycles. The molecule has 0 aliphatic rings. The van der Waals surface area contributed by atoms with Crippen molar-refractivity contribution in [2.24, 2.45) is 10.2 Å².